The monoisotopic (exact) mass is 415 g/mol. The van der Waals surface area contributed by atoms with Gasteiger partial charge in [0.05, 0.1) is 11.4 Å². The fourth-order valence-electron chi connectivity index (χ4n) is 3.61. The van der Waals surface area contributed by atoms with E-state index in [1.807, 2.05) is 0 Å². The van der Waals surface area contributed by atoms with Gasteiger partial charge < -0.3 is 0 Å². The van der Waals surface area contributed by atoms with Crippen molar-refractivity contribution in [2.75, 3.05) is 9.91 Å². The van der Waals surface area contributed by atoms with Gasteiger partial charge in [0.15, 0.2) is 5.78 Å². The van der Waals surface area contributed by atoms with Gasteiger partial charge in [0.25, 0.3) is 5.91 Å². The molecule has 2 heterocycles. The van der Waals surface area contributed by atoms with E-state index in [1.54, 1.807) is 49.4 Å². The first-order valence-electron chi connectivity index (χ1n) is 8.58. The topological polar surface area (TPSA) is 70.1 Å². The second-order valence-electron chi connectivity index (χ2n) is 6.68. The van der Waals surface area contributed by atoms with Crippen LogP contribution in [0.4, 0.5) is 11.4 Å². The SMILES string of the molecule is CC(=O)C1=NN(c2cccc(Cl)c2)[C@@H]2C(=O)N(c3cccc(Cl)c3C)C(=O)[C@H]12. The zero-order valence-corrected chi connectivity index (χ0v) is 16.5. The number of fused-ring (bicyclic) bond motifs is 1. The maximum Gasteiger partial charge on any atom is 0.259 e. The number of nitrogens with zero attached hydrogens (tertiary/aromatic N) is 3. The van der Waals surface area contributed by atoms with E-state index < -0.39 is 23.8 Å². The number of rotatable bonds is 3. The predicted molar refractivity (Wildman–Crippen MR) is 108 cm³/mol. The van der Waals surface area contributed by atoms with Crippen LogP contribution in [0.5, 0.6) is 0 Å². The largest absolute Gasteiger partial charge is 0.293 e. The first kappa shape index (κ1) is 18.7. The summed E-state index contributed by atoms with van der Waals surface area (Å²) in [4.78, 5) is 39.8. The van der Waals surface area contributed by atoms with E-state index in [-0.39, 0.29) is 11.5 Å². The average Bonchev–Trinajstić information content (AvgIpc) is 3.16. The van der Waals surface area contributed by atoms with Crippen molar-refractivity contribution >= 4 is 57.9 Å². The van der Waals surface area contributed by atoms with Gasteiger partial charge in [-0.2, -0.15) is 5.10 Å². The number of Topliss-reactive ketones (excluding diaryl/α,β-unsaturated/α-hetero) is 1. The molecule has 2 atom stereocenters. The molecular weight excluding hydrogens is 401 g/mol. The normalized spacial score (nSPS) is 21.2. The number of halogens is 2. The Kier molecular flexibility index (Phi) is 4.48. The van der Waals surface area contributed by atoms with Gasteiger partial charge in [-0.25, -0.2) is 4.90 Å². The number of amides is 2. The molecule has 0 aliphatic carbocycles. The number of hydrogen-bond donors (Lipinski definition) is 0. The molecule has 0 N–H and O–H groups in total. The second-order valence-corrected chi connectivity index (χ2v) is 7.53. The summed E-state index contributed by atoms with van der Waals surface area (Å²) in [5.74, 6) is -2.27. The Morgan fingerprint density at radius 3 is 2.46 bits per heavy atom. The van der Waals surface area contributed by atoms with Crippen molar-refractivity contribution in [2.24, 2.45) is 11.0 Å². The van der Waals surface area contributed by atoms with Crippen LogP contribution in [0.2, 0.25) is 10.0 Å². The van der Waals surface area contributed by atoms with E-state index in [9.17, 15) is 14.4 Å². The molecule has 2 aromatic rings. The molecule has 1 fully saturated rings. The Balaban J connectivity index is 1.84. The van der Waals surface area contributed by atoms with Crippen molar-refractivity contribution in [1.82, 2.24) is 0 Å². The van der Waals surface area contributed by atoms with Gasteiger partial charge in [-0.1, -0.05) is 35.3 Å². The molecular formula is C20H15Cl2N3O3. The third kappa shape index (κ3) is 2.72. The molecule has 2 amide bonds. The summed E-state index contributed by atoms with van der Waals surface area (Å²) in [5, 5.41) is 6.61. The van der Waals surface area contributed by atoms with Crippen LogP contribution < -0.4 is 9.91 Å². The first-order valence-corrected chi connectivity index (χ1v) is 9.34. The predicted octanol–water partition coefficient (Wildman–Crippen LogP) is 3.63. The highest BCUT2D eigenvalue weighted by Gasteiger charge is 2.58. The lowest BCUT2D eigenvalue weighted by Crippen LogP contribution is -2.39. The molecule has 4 rings (SSSR count). The minimum atomic E-state index is -0.970. The Morgan fingerprint density at radius 2 is 1.79 bits per heavy atom. The van der Waals surface area contributed by atoms with Crippen molar-refractivity contribution in [3.8, 4) is 0 Å². The molecule has 0 saturated carbocycles. The van der Waals surface area contributed by atoms with Crippen LogP contribution in [0, 0.1) is 12.8 Å². The number of benzene rings is 2. The van der Waals surface area contributed by atoms with Gasteiger partial charge >= 0.3 is 0 Å². The van der Waals surface area contributed by atoms with E-state index >= 15 is 0 Å². The highest BCUT2D eigenvalue weighted by Crippen LogP contribution is 2.40. The lowest BCUT2D eigenvalue weighted by molar-refractivity contribution is -0.122. The Bertz CT molecular complexity index is 1070. The quantitative estimate of drug-likeness (QED) is 0.717. The number of hydrogen-bond acceptors (Lipinski definition) is 5. The van der Waals surface area contributed by atoms with Crippen LogP contribution in [-0.2, 0) is 14.4 Å². The third-order valence-electron chi connectivity index (χ3n) is 4.96. The van der Waals surface area contributed by atoms with E-state index in [1.165, 1.54) is 11.9 Å². The molecule has 2 aromatic carbocycles. The summed E-state index contributed by atoms with van der Waals surface area (Å²) < 4.78 is 0. The number of ketones is 1. The van der Waals surface area contributed by atoms with Crippen LogP contribution in [0.15, 0.2) is 47.6 Å². The van der Waals surface area contributed by atoms with Gasteiger partial charge in [0.2, 0.25) is 5.91 Å². The zero-order valence-electron chi connectivity index (χ0n) is 15.0. The fourth-order valence-corrected chi connectivity index (χ4v) is 3.97. The van der Waals surface area contributed by atoms with E-state index in [0.29, 0.717) is 27.0 Å². The molecule has 0 unspecified atom stereocenters. The first-order chi connectivity index (χ1) is 13.3. The number of hydrazone groups is 1. The van der Waals surface area contributed by atoms with Crippen LogP contribution in [0.1, 0.15) is 12.5 Å². The maximum atomic E-state index is 13.3. The minimum Gasteiger partial charge on any atom is -0.293 e. The van der Waals surface area contributed by atoms with Gasteiger partial charge in [0, 0.05) is 17.0 Å². The number of carbonyl (C=O) groups is 3. The average molecular weight is 416 g/mol. The van der Waals surface area contributed by atoms with Crippen LogP contribution >= 0.6 is 23.2 Å². The smallest absolute Gasteiger partial charge is 0.259 e. The van der Waals surface area contributed by atoms with E-state index in [0.717, 1.165) is 4.90 Å². The zero-order chi connectivity index (χ0) is 20.2. The van der Waals surface area contributed by atoms with Gasteiger partial charge in [-0.15, -0.1) is 0 Å². The van der Waals surface area contributed by atoms with Crippen LogP contribution in [-0.4, -0.2) is 29.4 Å². The van der Waals surface area contributed by atoms with Gasteiger partial charge in [-0.3, -0.25) is 19.4 Å². The summed E-state index contributed by atoms with van der Waals surface area (Å²) in [7, 11) is 0. The summed E-state index contributed by atoms with van der Waals surface area (Å²) >= 11 is 12.3. The lowest BCUT2D eigenvalue weighted by Gasteiger charge is -2.23. The summed E-state index contributed by atoms with van der Waals surface area (Å²) in [6.07, 6.45) is 0. The number of carbonyl (C=O) groups excluding carboxylic acids is 3. The Hall–Kier alpha value is -2.70. The Morgan fingerprint density at radius 1 is 1.07 bits per heavy atom. The molecule has 8 heteroatoms. The number of anilines is 2. The fraction of sp³-hybridized carbons (Fsp3) is 0.200. The summed E-state index contributed by atoms with van der Waals surface area (Å²) in [6.45, 7) is 3.07. The molecule has 1 saturated heterocycles. The molecule has 6 nitrogen and oxygen atoms in total. The third-order valence-corrected chi connectivity index (χ3v) is 5.61. The van der Waals surface area contributed by atoms with Crippen molar-refractivity contribution in [3.05, 3.63) is 58.1 Å². The van der Waals surface area contributed by atoms with Crippen molar-refractivity contribution in [1.29, 1.82) is 0 Å². The van der Waals surface area contributed by atoms with Crippen LogP contribution in [0.3, 0.4) is 0 Å². The molecule has 28 heavy (non-hydrogen) atoms. The summed E-state index contributed by atoms with van der Waals surface area (Å²) in [5.41, 5.74) is 1.61. The highest BCUT2D eigenvalue weighted by molar-refractivity contribution is 6.49. The molecule has 0 radical (unpaired) electrons. The molecule has 142 valence electrons. The number of imide groups is 1. The van der Waals surface area contributed by atoms with Crippen molar-refractivity contribution in [2.45, 2.75) is 19.9 Å². The standard InChI is InChI=1S/C20H15Cl2N3O3/c1-10-14(22)7-4-8-15(10)24-19(27)16-17(11(2)26)23-25(18(16)20(24)28)13-6-3-5-12(21)9-13/h3-9,16,18H,1-2H3/t16-,18+/m1/s1. The van der Waals surface area contributed by atoms with Crippen LogP contribution in [0.25, 0.3) is 0 Å². The molecule has 0 bridgehead atoms. The maximum absolute atomic E-state index is 13.3. The van der Waals surface area contributed by atoms with E-state index in [4.69, 9.17) is 23.2 Å². The second kappa shape index (κ2) is 6.72. The molecule has 0 spiro atoms. The lowest BCUT2D eigenvalue weighted by atomic mass is 9.95. The van der Waals surface area contributed by atoms with Crippen molar-refractivity contribution in [3.63, 3.8) is 0 Å². The summed E-state index contributed by atoms with van der Waals surface area (Å²) in [6, 6.07) is 10.8. The molecule has 2 aliphatic heterocycles. The van der Waals surface area contributed by atoms with Gasteiger partial charge in [-0.05, 0) is 42.8 Å². The Labute approximate surface area is 171 Å². The van der Waals surface area contributed by atoms with Gasteiger partial charge in [0.1, 0.15) is 17.7 Å². The highest BCUT2D eigenvalue weighted by atomic mass is 35.5. The minimum absolute atomic E-state index is 0.0607. The van der Waals surface area contributed by atoms with E-state index in [2.05, 4.69) is 5.10 Å². The van der Waals surface area contributed by atoms with Crippen molar-refractivity contribution < 1.29 is 14.4 Å². The molecule has 2 aliphatic rings. The molecule has 0 aromatic heterocycles.